The molecule has 3 heterocycles. The van der Waals surface area contributed by atoms with Crippen molar-refractivity contribution in [1.29, 1.82) is 10.8 Å². The molecule has 0 amide bonds. The van der Waals surface area contributed by atoms with Crippen LogP contribution < -0.4 is 5.32 Å². The minimum atomic E-state index is -0.968. The zero-order chi connectivity index (χ0) is 19.8. The molecule has 4 N–H and O–H groups in total. The fraction of sp³-hybridized carbons (Fsp3) is 0.316. The highest BCUT2D eigenvalue weighted by Crippen LogP contribution is 2.44. The summed E-state index contributed by atoms with van der Waals surface area (Å²) in [5, 5.41) is 29.8. The Kier molecular flexibility index (Phi) is 5.12. The van der Waals surface area contributed by atoms with Crippen molar-refractivity contribution in [3.63, 3.8) is 0 Å². The Labute approximate surface area is 162 Å². The number of rotatable bonds is 5. The summed E-state index contributed by atoms with van der Waals surface area (Å²) in [5.41, 5.74) is 3.17. The van der Waals surface area contributed by atoms with Crippen LogP contribution in [0.2, 0.25) is 0 Å². The van der Waals surface area contributed by atoms with Crippen LogP contribution in [0.15, 0.2) is 35.1 Å². The van der Waals surface area contributed by atoms with Gasteiger partial charge in [-0.15, -0.1) is 0 Å². The van der Waals surface area contributed by atoms with Gasteiger partial charge < -0.3 is 15.8 Å². The van der Waals surface area contributed by atoms with E-state index in [1.54, 1.807) is 27.0 Å². The third kappa shape index (κ3) is 3.91. The van der Waals surface area contributed by atoms with Gasteiger partial charge in [0.15, 0.2) is 0 Å². The highest BCUT2D eigenvalue weighted by Gasteiger charge is 2.29. The molecule has 2 aromatic rings. The molecule has 0 atom stereocenters. The molecule has 0 radical (unpaired) electrons. The van der Waals surface area contributed by atoms with E-state index in [0.717, 1.165) is 16.0 Å². The van der Waals surface area contributed by atoms with Crippen LogP contribution in [0.25, 0.3) is 5.57 Å². The van der Waals surface area contributed by atoms with Crippen molar-refractivity contribution in [2.45, 2.75) is 44.7 Å². The second-order valence-electron chi connectivity index (χ2n) is 6.92. The number of fused-ring (bicyclic) bond motifs is 1. The standard InChI is InChI=1S/C19H22N6OS/c1-10(11(2)20)14-15-16(27-17(14)21)18(25-9-24-15)23-8-12-5-6-13(22-7-12)19(3,4)26/h5-7,9,20-21,26H,8H2,1-4H3,(H,23,24,25)/b14-10-,20-11?,21-17?. The van der Waals surface area contributed by atoms with Crippen LogP contribution in [0.1, 0.15) is 44.6 Å². The Morgan fingerprint density at radius 1 is 1.22 bits per heavy atom. The van der Waals surface area contributed by atoms with E-state index in [9.17, 15) is 5.11 Å². The van der Waals surface area contributed by atoms with Gasteiger partial charge in [-0.2, -0.15) is 0 Å². The number of nitrogens with zero attached hydrogens (tertiary/aromatic N) is 3. The first kappa shape index (κ1) is 19.2. The number of pyridine rings is 1. The van der Waals surface area contributed by atoms with Crippen LogP contribution >= 0.6 is 11.8 Å². The van der Waals surface area contributed by atoms with Crippen molar-refractivity contribution < 1.29 is 5.11 Å². The molecule has 140 valence electrons. The third-order valence-corrected chi connectivity index (χ3v) is 5.32. The zero-order valence-corrected chi connectivity index (χ0v) is 16.5. The Hall–Kier alpha value is -2.58. The lowest BCUT2D eigenvalue weighted by atomic mass is 10.0. The number of hydrogen-bond acceptors (Lipinski definition) is 8. The van der Waals surface area contributed by atoms with Crippen LogP contribution in [0, 0.1) is 10.8 Å². The highest BCUT2D eigenvalue weighted by molar-refractivity contribution is 8.15. The molecule has 0 aliphatic carbocycles. The predicted molar refractivity (Wildman–Crippen MR) is 108 cm³/mol. The normalized spacial score (nSPS) is 15.5. The van der Waals surface area contributed by atoms with Crippen LogP contribution in [0.5, 0.6) is 0 Å². The largest absolute Gasteiger partial charge is 0.384 e. The van der Waals surface area contributed by atoms with E-state index in [-0.39, 0.29) is 0 Å². The van der Waals surface area contributed by atoms with Crippen LogP contribution in [-0.4, -0.2) is 30.8 Å². The molecule has 8 heteroatoms. The van der Waals surface area contributed by atoms with E-state index in [1.165, 1.54) is 18.1 Å². The van der Waals surface area contributed by atoms with E-state index in [1.807, 2.05) is 19.1 Å². The lowest BCUT2D eigenvalue weighted by Gasteiger charge is -2.16. The van der Waals surface area contributed by atoms with E-state index in [0.29, 0.717) is 40.1 Å². The molecule has 27 heavy (non-hydrogen) atoms. The number of thioether (sulfide) groups is 1. The number of anilines is 1. The number of nitrogens with one attached hydrogen (secondary N) is 3. The van der Waals surface area contributed by atoms with Gasteiger partial charge in [0.05, 0.1) is 16.3 Å². The molecule has 0 spiro atoms. The predicted octanol–water partition coefficient (Wildman–Crippen LogP) is 3.61. The molecule has 0 aromatic carbocycles. The summed E-state index contributed by atoms with van der Waals surface area (Å²) < 4.78 is 0. The molecule has 0 saturated carbocycles. The van der Waals surface area contributed by atoms with Gasteiger partial charge in [-0.3, -0.25) is 10.4 Å². The molecule has 2 aromatic heterocycles. The molecule has 0 unspecified atom stereocenters. The first-order valence-electron chi connectivity index (χ1n) is 8.48. The van der Waals surface area contributed by atoms with Crippen LogP contribution in [0.4, 0.5) is 5.82 Å². The Morgan fingerprint density at radius 3 is 2.56 bits per heavy atom. The zero-order valence-electron chi connectivity index (χ0n) is 15.7. The average molecular weight is 382 g/mol. The quantitative estimate of drug-likeness (QED) is 0.587. The molecule has 1 aliphatic heterocycles. The maximum absolute atomic E-state index is 9.99. The molecule has 7 nitrogen and oxygen atoms in total. The Bertz CT molecular complexity index is 944. The third-order valence-electron chi connectivity index (χ3n) is 4.32. The summed E-state index contributed by atoms with van der Waals surface area (Å²) in [7, 11) is 0. The minimum Gasteiger partial charge on any atom is -0.384 e. The lowest BCUT2D eigenvalue weighted by Crippen LogP contribution is -2.17. The maximum Gasteiger partial charge on any atom is 0.144 e. The van der Waals surface area contributed by atoms with E-state index >= 15 is 0 Å². The summed E-state index contributed by atoms with van der Waals surface area (Å²) in [4.78, 5) is 13.8. The van der Waals surface area contributed by atoms with E-state index in [2.05, 4.69) is 20.3 Å². The van der Waals surface area contributed by atoms with Gasteiger partial charge in [-0.25, -0.2) is 9.97 Å². The smallest absolute Gasteiger partial charge is 0.144 e. The fourth-order valence-electron chi connectivity index (χ4n) is 2.65. The molecule has 0 bridgehead atoms. The summed E-state index contributed by atoms with van der Waals surface area (Å²) >= 11 is 1.31. The fourth-order valence-corrected chi connectivity index (χ4v) is 3.68. The first-order chi connectivity index (χ1) is 12.7. The van der Waals surface area contributed by atoms with Crippen LogP contribution in [0.3, 0.4) is 0 Å². The second kappa shape index (κ2) is 7.21. The monoisotopic (exact) mass is 382 g/mol. The summed E-state index contributed by atoms with van der Waals surface area (Å²) in [6.07, 6.45) is 3.20. The number of aromatic nitrogens is 3. The van der Waals surface area contributed by atoms with Crippen molar-refractivity contribution in [1.82, 2.24) is 15.0 Å². The average Bonchev–Trinajstić information content (AvgIpc) is 2.95. The number of aliphatic hydroxyl groups is 1. The van der Waals surface area contributed by atoms with Gasteiger partial charge in [0.25, 0.3) is 0 Å². The van der Waals surface area contributed by atoms with Gasteiger partial charge in [0.1, 0.15) is 22.8 Å². The second-order valence-corrected chi connectivity index (χ2v) is 7.94. The summed E-state index contributed by atoms with van der Waals surface area (Å²) in [6.45, 7) is 7.47. The summed E-state index contributed by atoms with van der Waals surface area (Å²) in [5.74, 6) is 0.659. The van der Waals surface area contributed by atoms with Gasteiger partial charge in [0, 0.05) is 24.0 Å². The first-order valence-corrected chi connectivity index (χ1v) is 9.30. The lowest BCUT2D eigenvalue weighted by molar-refractivity contribution is 0.0738. The number of allylic oxidation sites excluding steroid dienone is 1. The van der Waals surface area contributed by atoms with Crippen molar-refractivity contribution in [3.8, 4) is 0 Å². The van der Waals surface area contributed by atoms with Crippen molar-refractivity contribution >= 4 is 33.9 Å². The topological polar surface area (TPSA) is 119 Å². The van der Waals surface area contributed by atoms with Crippen LogP contribution in [-0.2, 0) is 12.1 Å². The van der Waals surface area contributed by atoms with Gasteiger partial charge in [-0.1, -0.05) is 17.8 Å². The Balaban J connectivity index is 1.84. The van der Waals surface area contributed by atoms with E-state index < -0.39 is 5.60 Å². The highest BCUT2D eigenvalue weighted by atomic mass is 32.2. The molecule has 3 rings (SSSR count). The van der Waals surface area contributed by atoms with E-state index in [4.69, 9.17) is 10.8 Å². The molecular formula is C19H22N6OS. The molecule has 1 aliphatic rings. The van der Waals surface area contributed by atoms with Crippen molar-refractivity contribution in [2.24, 2.45) is 0 Å². The van der Waals surface area contributed by atoms with Crippen molar-refractivity contribution in [2.75, 3.05) is 5.32 Å². The van der Waals surface area contributed by atoms with Crippen molar-refractivity contribution in [3.05, 3.63) is 47.2 Å². The van der Waals surface area contributed by atoms with Gasteiger partial charge in [-0.05, 0) is 44.9 Å². The molecule has 0 saturated heterocycles. The Morgan fingerprint density at radius 2 is 1.96 bits per heavy atom. The molecule has 0 fully saturated rings. The number of hydrogen-bond donors (Lipinski definition) is 4. The molecular weight excluding hydrogens is 360 g/mol. The van der Waals surface area contributed by atoms with Gasteiger partial charge in [0.2, 0.25) is 0 Å². The minimum absolute atomic E-state index is 0.383. The SMILES string of the molecule is CC(=N)/C(C)=C1\C(=N)Sc2c(NCc3ccc(C(C)(C)O)nc3)ncnc21. The van der Waals surface area contributed by atoms with Gasteiger partial charge >= 0.3 is 0 Å². The maximum atomic E-state index is 9.99. The summed E-state index contributed by atoms with van der Waals surface area (Å²) in [6, 6.07) is 3.72.